The molecule has 0 bridgehead atoms. The monoisotopic (exact) mass is 234 g/mol. The molecule has 0 aliphatic rings. The Hall–Kier alpha value is -1.75. The molecular weight excluding hydrogens is 224 g/mol. The summed E-state index contributed by atoms with van der Waals surface area (Å²) in [6.07, 6.45) is 6.26. The molecule has 0 radical (unpaired) electrons. The number of thioether (sulfide) groups is 1. The van der Waals surface area contributed by atoms with Gasteiger partial charge < -0.3 is 10.1 Å². The molecule has 0 fully saturated rings. The minimum atomic E-state index is -0.960. The van der Waals surface area contributed by atoms with Gasteiger partial charge in [0, 0.05) is 16.5 Å². The van der Waals surface area contributed by atoms with Crippen molar-refractivity contribution in [1.82, 2.24) is 9.97 Å². The van der Waals surface area contributed by atoms with E-state index in [-0.39, 0.29) is 0 Å². The highest BCUT2D eigenvalue weighted by molar-refractivity contribution is 7.98. The van der Waals surface area contributed by atoms with Crippen molar-refractivity contribution in [3.8, 4) is 0 Å². The van der Waals surface area contributed by atoms with E-state index in [1.54, 1.807) is 24.2 Å². The van der Waals surface area contributed by atoms with Crippen LogP contribution >= 0.6 is 11.8 Å². The lowest BCUT2D eigenvalue weighted by atomic mass is 10.1. The predicted molar refractivity (Wildman–Crippen MR) is 64.5 cm³/mol. The van der Waals surface area contributed by atoms with Gasteiger partial charge in [0.2, 0.25) is 0 Å². The minimum absolute atomic E-state index is 0.787. The third-order valence-electron chi connectivity index (χ3n) is 2.17. The summed E-state index contributed by atoms with van der Waals surface area (Å²) in [4.78, 5) is 18.7. The van der Waals surface area contributed by atoms with Crippen LogP contribution in [0.25, 0.3) is 17.1 Å². The third-order valence-corrected chi connectivity index (χ3v) is 2.87. The van der Waals surface area contributed by atoms with Crippen LogP contribution in [0.3, 0.4) is 0 Å². The number of hydrogen-bond donors (Lipinski definition) is 2. The maximum absolute atomic E-state index is 10.5. The first-order valence-corrected chi connectivity index (χ1v) is 5.85. The van der Waals surface area contributed by atoms with Crippen LogP contribution in [0, 0.1) is 0 Å². The molecule has 0 amide bonds. The molecule has 0 aliphatic heterocycles. The van der Waals surface area contributed by atoms with Crippen molar-refractivity contribution in [1.29, 1.82) is 0 Å². The van der Waals surface area contributed by atoms with Gasteiger partial charge in [0.25, 0.3) is 0 Å². The molecule has 0 unspecified atom stereocenters. The lowest BCUT2D eigenvalue weighted by Crippen LogP contribution is -1.87. The third kappa shape index (κ3) is 2.09. The fourth-order valence-corrected chi connectivity index (χ4v) is 1.94. The number of benzene rings is 1. The molecule has 0 saturated carbocycles. The summed E-state index contributed by atoms with van der Waals surface area (Å²) in [6, 6.07) is 3.92. The van der Waals surface area contributed by atoms with E-state index in [0.29, 0.717) is 0 Å². The summed E-state index contributed by atoms with van der Waals surface area (Å²) in [6.45, 7) is 0. The second-order valence-corrected chi connectivity index (χ2v) is 4.07. The van der Waals surface area contributed by atoms with Crippen molar-refractivity contribution in [2.45, 2.75) is 4.90 Å². The van der Waals surface area contributed by atoms with Crippen LogP contribution in [0.4, 0.5) is 0 Å². The van der Waals surface area contributed by atoms with E-state index in [0.717, 1.165) is 27.6 Å². The lowest BCUT2D eigenvalue weighted by molar-refractivity contribution is -0.131. The van der Waals surface area contributed by atoms with Crippen molar-refractivity contribution in [3.05, 3.63) is 30.1 Å². The predicted octanol–water partition coefficient (Wildman–Crippen LogP) is 2.38. The zero-order valence-corrected chi connectivity index (χ0v) is 9.41. The largest absolute Gasteiger partial charge is 0.478 e. The Morgan fingerprint density at radius 2 is 2.38 bits per heavy atom. The molecule has 0 spiro atoms. The first kappa shape index (κ1) is 10.8. The molecule has 2 N–H and O–H groups in total. The Morgan fingerprint density at radius 3 is 3.06 bits per heavy atom. The van der Waals surface area contributed by atoms with E-state index in [1.165, 1.54) is 0 Å². The van der Waals surface area contributed by atoms with Crippen LogP contribution in [-0.4, -0.2) is 27.3 Å². The number of aromatic nitrogens is 2. The van der Waals surface area contributed by atoms with Gasteiger partial charge in [0.1, 0.15) is 0 Å². The average molecular weight is 234 g/mol. The number of fused-ring (bicyclic) bond motifs is 1. The van der Waals surface area contributed by atoms with Crippen LogP contribution in [-0.2, 0) is 4.79 Å². The van der Waals surface area contributed by atoms with Crippen molar-refractivity contribution in [2.75, 3.05) is 6.26 Å². The van der Waals surface area contributed by atoms with Crippen molar-refractivity contribution < 1.29 is 9.90 Å². The van der Waals surface area contributed by atoms with E-state index in [9.17, 15) is 4.79 Å². The Morgan fingerprint density at radius 1 is 1.56 bits per heavy atom. The van der Waals surface area contributed by atoms with Crippen LogP contribution < -0.4 is 0 Å². The van der Waals surface area contributed by atoms with Crippen molar-refractivity contribution >= 4 is 34.8 Å². The first-order chi connectivity index (χ1) is 7.70. The molecular formula is C11H10N2O2S. The molecule has 1 aromatic carbocycles. The van der Waals surface area contributed by atoms with Gasteiger partial charge in [-0.3, -0.25) is 0 Å². The SMILES string of the molecule is CSc1cc(/C=C/C(=O)O)c2nc[nH]c2c1. The number of carboxylic acids is 1. The summed E-state index contributed by atoms with van der Waals surface area (Å²) in [5.74, 6) is -0.960. The molecule has 4 nitrogen and oxygen atoms in total. The second-order valence-electron chi connectivity index (χ2n) is 3.19. The fourth-order valence-electron chi connectivity index (χ4n) is 1.46. The van der Waals surface area contributed by atoms with Gasteiger partial charge in [-0.05, 0) is 24.5 Å². The molecule has 0 saturated heterocycles. The Kier molecular flexibility index (Phi) is 2.96. The molecule has 0 aliphatic carbocycles. The van der Waals surface area contributed by atoms with E-state index in [1.807, 2.05) is 18.4 Å². The molecule has 2 aromatic rings. The van der Waals surface area contributed by atoms with Gasteiger partial charge in [-0.1, -0.05) is 0 Å². The number of hydrogen-bond acceptors (Lipinski definition) is 3. The van der Waals surface area contributed by atoms with Gasteiger partial charge in [-0.2, -0.15) is 0 Å². The summed E-state index contributed by atoms with van der Waals surface area (Å²) < 4.78 is 0. The van der Waals surface area contributed by atoms with Gasteiger partial charge in [0.05, 0.1) is 17.4 Å². The normalized spacial score (nSPS) is 11.3. The molecule has 5 heteroatoms. The number of carboxylic acid groups (broad SMARTS) is 1. The smallest absolute Gasteiger partial charge is 0.328 e. The van der Waals surface area contributed by atoms with Gasteiger partial charge >= 0.3 is 5.97 Å². The number of rotatable bonds is 3. The van der Waals surface area contributed by atoms with Crippen LogP contribution in [0.1, 0.15) is 5.56 Å². The number of carbonyl (C=O) groups is 1. The molecule has 2 rings (SSSR count). The highest BCUT2D eigenvalue weighted by atomic mass is 32.2. The number of H-pyrrole nitrogens is 1. The van der Waals surface area contributed by atoms with Gasteiger partial charge in [-0.25, -0.2) is 9.78 Å². The zero-order chi connectivity index (χ0) is 11.5. The van der Waals surface area contributed by atoms with Gasteiger partial charge in [-0.15, -0.1) is 11.8 Å². The second kappa shape index (κ2) is 4.40. The zero-order valence-electron chi connectivity index (χ0n) is 8.60. The summed E-state index contributed by atoms with van der Waals surface area (Å²) in [5.41, 5.74) is 2.51. The number of aromatic amines is 1. The molecule has 1 aromatic heterocycles. The summed E-state index contributed by atoms with van der Waals surface area (Å²) in [5, 5.41) is 8.60. The fraction of sp³-hybridized carbons (Fsp3) is 0.0909. The first-order valence-electron chi connectivity index (χ1n) is 4.63. The van der Waals surface area contributed by atoms with Crippen LogP contribution in [0.5, 0.6) is 0 Å². The maximum atomic E-state index is 10.5. The topological polar surface area (TPSA) is 66.0 Å². The summed E-state index contributed by atoms with van der Waals surface area (Å²) >= 11 is 1.61. The van der Waals surface area contributed by atoms with E-state index >= 15 is 0 Å². The lowest BCUT2D eigenvalue weighted by Gasteiger charge is -2.00. The van der Waals surface area contributed by atoms with Crippen molar-refractivity contribution in [3.63, 3.8) is 0 Å². The van der Waals surface area contributed by atoms with E-state index < -0.39 is 5.97 Å². The summed E-state index contributed by atoms with van der Waals surface area (Å²) in [7, 11) is 0. The highest BCUT2D eigenvalue weighted by Gasteiger charge is 2.04. The van der Waals surface area contributed by atoms with Crippen LogP contribution in [0.2, 0.25) is 0 Å². The number of nitrogens with one attached hydrogen (secondary N) is 1. The number of imidazole rings is 1. The Labute approximate surface area is 96.4 Å². The van der Waals surface area contributed by atoms with Gasteiger partial charge in [0.15, 0.2) is 0 Å². The molecule has 1 heterocycles. The minimum Gasteiger partial charge on any atom is -0.478 e. The average Bonchev–Trinajstić information content (AvgIpc) is 2.73. The quantitative estimate of drug-likeness (QED) is 0.632. The van der Waals surface area contributed by atoms with E-state index in [4.69, 9.17) is 5.11 Å². The molecule has 16 heavy (non-hydrogen) atoms. The van der Waals surface area contributed by atoms with Crippen LogP contribution in [0.15, 0.2) is 29.4 Å². The number of nitrogens with zero attached hydrogens (tertiary/aromatic N) is 1. The Balaban J connectivity index is 2.56. The van der Waals surface area contributed by atoms with E-state index in [2.05, 4.69) is 9.97 Å². The molecule has 82 valence electrons. The Bertz CT molecular complexity index is 560. The molecule has 0 atom stereocenters. The maximum Gasteiger partial charge on any atom is 0.328 e. The highest BCUT2D eigenvalue weighted by Crippen LogP contribution is 2.24. The standard InChI is InChI=1S/C11H10N2O2S/c1-16-8-4-7(2-3-10(14)15)11-9(5-8)12-6-13-11/h2-6H,1H3,(H,12,13)(H,14,15)/b3-2+. The van der Waals surface area contributed by atoms with Crippen molar-refractivity contribution in [2.24, 2.45) is 0 Å². The number of aliphatic carboxylic acids is 1.